The number of benzene rings is 1. The summed E-state index contributed by atoms with van der Waals surface area (Å²) in [6.45, 7) is 9.57. The Labute approximate surface area is 114 Å². The molecule has 2 heterocycles. The van der Waals surface area contributed by atoms with Gasteiger partial charge in [0, 0.05) is 44.2 Å². The van der Waals surface area contributed by atoms with Crippen LogP contribution in [0.25, 0.3) is 10.9 Å². The minimum absolute atomic E-state index is 0.577. The molecule has 102 valence electrons. The monoisotopic (exact) mass is 258 g/mol. The van der Waals surface area contributed by atoms with Crippen LogP contribution in [0.4, 0.5) is 0 Å². The van der Waals surface area contributed by atoms with Gasteiger partial charge in [-0.1, -0.05) is 18.2 Å². The zero-order valence-electron chi connectivity index (χ0n) is 11.8. The van der Waals surface area contributed by atoms with E-state index in [1.807, 2.05) is 0 Å². The van der Waals surface area contributed by atoms with E-state index in [0.717, 1.165) is 32.7 Å². The number of hydrogen-bond acceptors (Lipinski definition) is 3. The van der Waals surface area contributed by atoms with Gasteiger partial charge in [0.2, 0.25) is 0 Å². The summed E-state index contributed by atoms with van der Waals surface area (Å²) < 4.78 is 2.11. The molecule has 1 N–H and O–H groups in total. The summed E-state index contributed by atoms with van der Waals surface area (Å²) in [4.78, 5) is 2.50. The van der Waals surface area contributed by atoms with E-state index in [1.165, 1.54) is 16.6 Å². The van der Waals surface area contributed by atoms with Crippen molar-refractivity contribution < 1.29 is 0 Å². The van der Waals surface area contributed by atoms with Crippen LogP contribution in [0.3, 0.4) is 0 Å². The Bertz CT molecular complexity index is 560. The molecule has 0 radical (unpaired) electrons. The fraction of sp³-hybridized carbons (Fsp3) is 0.533. The van der Waals surface area contributed by atoms with E-state index in [4.69, 9.17) is 5.10 Å². The van der Waals surface area contributed by atoms with Crippen LogP contribution in [0, 0.1) is 0 Å². The molecule has 0 aliphatic carbocycles. The van der Waals surface area contributed by atoms with Crippen LogP contribution in [0.15, 0.2) is 24.3 Å². The zero-order chi connectivity index (χ0) is 13.2. The lowest BCUT2D eigenvalue weighted by atomic mass is 10.2. The van der Waals surface area contributed by atoms with E-state index >= 15 is 0 Å². The van der Waals surface area contributed by atoms with Crippen molar-refractivity contribution in [3.63, 3.8) is 0 Å². The number of nitrogens with one attached hydrogen (secondary N) is 1. The van der Waals surface area contributed by atoms with Crippen molar-refractivity contribution in [2.24, 2.45) is 0 Å². The highest BCUT2D eigenvalue weighted by molar-refractivity contribution is 5.81. The average Bonchev–Trinajstić information content (AvgIpc) is 2.77. The van der Waals surface area contributed by atoms with Crippen LogP contribution in [0.2, 0.25) is 0 Å². The third kappa shape index (κ3) is 2.51. The SMILES string of the molecule is CCn1nc(CN2CCNC(C)C2)c2ccccc21. The maximum atomic E-state index is 4.78. The van der Waals surface area contributed by atoms with Crippen molar-refractivity contribution in [3.05, 3.63) is 30.0 Å². The lowest BCUT2D eigenvalue weighted by molar-refractivity contribution is 0.198. The van der Waals surface area contributed by atoms with E-state index in [0.29, 0.717) is 6.04 Å². The molecule has 1 aromatic heterocycles. The van der Waals surface area contributed by atoms with Gasteiger partial charge in [-0.3, -0.25) is 9.58 Å². The fourth-order valence-corrected chi connectivity index (χ4v) is 2.92. The second-order valence-corrected chi connectivity index (χ2v) is 5.37. The van der Waals surface area contributed by atoms with Crippen molar-refractivity contribution in [1.29, 1.82) is 0 Å². The number of aromatic nitrogens is 2. The maximum Gasteiger partial charge on any atom is 0.0843 e. The predicted octanol–water partition coefficient (Wildman–Crippen LogP) is 1.85. The van der Waals surface area contributed by atoms with Crippen LogP contribution in [0.1, 0.15) is 19.5 Å². The summed E-state index contributed by atoms with van der Waals surface area (Å²) in [5.41, 5.74) is 2.47. The molecule has 1 unspecified atom stereocenters. The van der Waals surface area contributed by atoms with Gasteiger partial charge in [-0.2, -0.15) is 5.10 Å². The zero-order valence-corrected chi connectivity index (χ0v) is 11.8. The lowest BCUT2D eigenvalue weighted by Crippen LogP contribution is -2.48. The number of aryl methyl sites for hydroxylation is 1. The Morgan fingerprint density at radius 3 is 3.00 bits per heavy atom. The number of hydrogen-bond donors (Lipinski definition) is 1. The average molecular weight is 258 g/mol. The van der Waals surface area contributed by atoms with Crippen LogP contribution in [0.5, 0.6) is 0 Å². The fourth-order valence-electron chi connectivity index (χ4n) is 2.92. The Kier molecular flexibility index (Phi) is 3.53. The van der Waals surface area contributed by atoms with Crippen molar-refractivity contribution in [2.75, 3.05) is 19.6 Å². The molecule has 0 bridgehead atoms. The van der Waals surface area contributed by atoms with Gasteiger partial charge in [0.15, 0.2) is 0 Å². The Balaban J connectivity index is 1.88. The van der Waals surface area contributed by atoms with Crippen molar-refractivity contribution in [1.82, 2.24) is 20.0 Å². The van der Waals surface area contributed by atoms with Crippen LogP contribution in [-0.4, -0.2) is 40.4 Å². The predicted molar refractivity (Wildman–Crippen MR) is 78.1 cm³/mol. The number of rotatable bonds is 3. The number of piperazine rings is 1. The molecule has 0 saturated carbocycles. The molecule has 1 aliphatic heterocycles. The van der Waals surface area contributed by atoms with Crippen molar-refractivity contribution >= 4 is 10.9 Å². The first-order valence-electron chi connectivity index (χ1n) is 7.18. The normalized spacial score (nSPS) is 21.1. The molecule has 1 aliphatic rings. The molecule has 19 heavy (non-hydrogen) atoms. The summed E-state index contributed by atoms with van der Waals surface area (Å²) in [7, 11) is 0. The molecule has 1 atom stereocenters. The molecule has 2 aromatic rings. The van der Waals surface area contributed by atoms with Crippen LogP contribution < -0.4 is 5.32 Å². The van der Waals surface area contributed by atoms with E-state index in [9.17, 15) is 0 Å². The summed E-state index contributed by atoms with van der Waals surface area (Å²) in [6.07, 6.45) is 0. The second-order valence-electron chi connectivity index (χ2n) is 5.37. The summed E-state index contributed by atoms with van der Waals surface area (Å²) >= 11 is 0. The van der Waals surface area contributed by atoms with Crippen LogP contribution in [-0.2, 0) is 13.1 Å². The van der Waals surface area contributed by atoms with Gasteiger partial charge in [-0.25, -0.2) is 0 Å². The van der Waals surface area contributed by atoms with Crippen LogP contribution >= 0.6 is 0 Å². The molecular weight excluding hydrogens is 236 g/mol. The molecule has 0 spiro atoms. The Morgan fingerprint density at radius 2 is 2.21 bits per heavy atom. The number of fused-ring (bicyclic) bond motifs is 1. The van der Waals surface area contributed by atoms with Gasteiger partial charge in [0.25, 0.3) is 0 Å². The van der Waals surface area contributed by atoms with Gasteiger partial charge < -0.3 is 5.32 Å². The third-order valence-corrected chi connectivity index (χ3v) is 3.86. The molecule has 4 heteroatoms. The van der Waals surface area contributed by atoms with E-state index in [2.05, 4.69) is 53.0 Å². The quantitative estimate of drug-likeness (QED) is 0.912. The highest BCUT2D eigenvalue weighted by Crippen LogP contribution is 2.20. The molecule has 0 amide bonds. The van der Waals surface area contributed by atoms with Gasteiger partial charge in [0.1, 0.15) is 0 Å². The van der Waals surface area contributed by atoms with E-state index in [-0.39, 0.29) is 0 Å². The van der Waals surface area contributed by atoms with Crippen molar-refractivity contribution in [2.45, 2.75) is 33.0 Å². The highest BCUT2D eigenvalue weighted by Gasteiger charge is 2.18. The second kappa shape index (κ2) is 5.31. The molecule has 4 nitrogen and oxygen atoms in total. The van der Waals surface area contributed by atoms with E-state index < -0.39 is 0 Å². The van der Waals surface area contributed by atoms with E-state index in [1.54, 1.807) is 0 Å². The largest absolute Gasteiger partial charge is 0.312 e. The molecule has 3 rings (SSSR count). The van der Waals surface area contributed by atoms with Gasteiger partial charge >= 0.3 is 0 Å². The number of nitrogens with zero attached hydrogens (tertiary/aromatic N) is 3. The molecular formula is C15H22N4. The topological polar surface area (TPSA) is 33.1 Å². The summed E-state index contributed by atoms with van der Waals surface area (Å²) in [5, 5.41) is 9.57. The first kappa shape index (κ1) is 12.6. The van der Waals surface area contributed by atoms with Gasteiger partial charge in [-0.05, 0) is 19.9 Å². The minimum atomic E-state index is 0.577. The summed E-state index contributed by atoms with van der Waals surface area (Å²) in [5.74, 6) is 0. The van der Waals surface area contributed by atoms with Crippen molar-refractivity contribution in [3.8, 4) is 0 Å². The Hall–Kier alpha value is -1.39. The standard InChI is InChI=1S/C15H22N4/c1-3-19-15-7-5-4-6-13(15)14(17-19)11-18-9-8-16-12(2)10-18/h4-7,12,16H,3,8-11H2,1-2H3. The van der Waals surface area contributed by atoms with Gasteiger partial charge in [0.05, 0.1) is 11.2 Å². The third-order valence-electron chi connectivity index (χ3n) is 3.86. The maximum absolute atomic E-state index is 4.78. The summed E-state index contributed by atoms with van der Waals surface area (Å²) in [6, 6.07) is 9.12. The Morgan fingerprint density at radius 1 is 1.37 bits per heavy atom. The first-order chi connectivity index (χ1) is 9.28. The highest BCUT2D eigenvalue weighted by atomic mass is 15.3. The first-order valence-corrected chi connectivity index (χ1v) is 7.18. The minimum Gasteiger partial charge on any atom is -0.312 e. The smallest absolute Gasteiger partial charge is 0.0843 e. The molecule has 1 fully saturated rings. The molecule has 1 saturated heterocycles. The lowest BCUT2D eigenvalue weighted by Gasteiger charge is -2.31. The van der Waals surface area contributed by atoms with Gasteiger partial charge in [-0.15, -0.1) is 0 Å². The molecule has 1 aromatic carbocycles. The number of para-hydroxylation sites is 1.